The fourth-order valence-corrected chi connectivity index (χ4v) is 6.25. The van der Waals surface area contributed by atoms with Gasteiger partial charge in [-0.3, -0.25) is 19.3 Å². The highest BCUT2D eigenvalue weighted by molar-refractivity contribution is 9.10. The number of carbonyl (C=O) groups excluding carboxylic acids is 3. The van der Waals surface area contributed by atoms with Crippen molar-refractivity contribution < 1.29 is 36.1 Å². The average Bonchev–Trinajstić information content (AvgIpc) is 3.14. The summed E-state index contributed by atoms with van der Waals surface area (Å²) in [6.45, 7) is 1.20. The number of amides is 3. The van der Waals surface area contributed by atoms with E-state index in [9.17, 15) is 27.2 Å². The minimum absolute atomic E-state index is 0.0383. The van der Waals surface area contributed by atoms with Gasteiger partial charge < -0.3 is 14.2 Å². The lowest BCUT2D eigenvalue weighted by atomic mass is 10.1. The fourth-order valence-electron chi connectivity index (χ4n) is 3.58. The largest absolute Gasteiger partial charge is 0.493 e. The second-order valence-electron chi connectivity index (χ2n) is 8.28. The van der Waals surface area contributed by atoms with Crippen molar-refractivity contribution in [2.24, 2.45) is 0 Å². The number of rotatable bonds is 8. The quantitative estimate of drug-likeness (QED) is 0.222. The highest BCUT2D eigenvalue weighted by Gasteiger charge is 2.35. The Morgan fingerprint density at radius 2 is 1.85 bits per heavy atom. The van der Waals surface area contributed by atoms with Crippen LogP contribution in [0, 0.1) is 5.82 Å². The number of imide groups is 1. The molecule has 9 nitrogen and oxygen atoms in total. The Bertz CT molecular complexity index is 1660. The van der Waals surface area contributed by atoms with Crippen LogP contribution in [0.1, 0.15) is 18.1 Å². The number of benzene rings is 3. The lowest BCUT2D eigenvalue weighted by Crippen LogP contribution is -2.27. The van der Waals surface area contributed by atoms with Crippen LogP contribution in [0.2, 0.25) is 5.02 Å². The molecule has 0 spiro atoms. The first kappa shape index (κ1) is 29.6. The first-order chi connectivity index (χ1) is 18.9. The Labute approximate surface area is 246 Å². The Morgan fingerprint density at radius 3 is 2.48 bits per heavy atom. The van der Waals surface area contributed by atoms with Crippen LogP contribution >= 0.6 is 39.3 Å². The number of halogens is 3. The van der Waals surface area contributed by atoms with Crippen molar-refractivity contribution in [2.75, 3.05) is 12.4 Å². The zero-order valence-corrected chi connectivity index (χ0v) is 24.7. The van der Waals surface area contributed by atoms with Crippen LogP contribution in [0.5, 0.6) is 11.5 Å². The van der Waals surface area contributed by atoms with Gasteiger partial charge in [-0.15, -0.1) is 0 Å². The topological polar surface area (TPSA) is 119 Å². The van der Waals surface area contributed by atoms with Gasteiger partial charge >= 0.3 is 10.1 Å². The molecule has 3 aromatic carbocycles. The summed E-state index contributed by atoms with van der Waals surface area (Å²) in [4.78, 5) is 37.6. The normalized spacial score (nSPS) is 14.5. The minimum atomic E-state index is -4.29. The lowest BCUT2D eigenvalue weighted by molar-refractivity contribution is -0.123. The Kier molecular flexibility index (Phi) is 8.88. The standard InChI is InChI=1S/C26H19BrClFN2O7S2/c1-14(32)30-18-5-7-19(8-6-18)40(35,36)38-24-20(27)9-15(10-22(24)37-2)11-23-25(33)31(26(34)39-23)13-16-3-4-17(29)12-21(16)28/h3-12H,13H2,1-2H3,(H,30,32)/b23-11-. The molecule has 14 heteroatoms. The molecule has 1 fully saturated rings. The van der Waals surface area contributed by atoms with Crippen molar-refractivity contribution in [3.05, 3.63) is 85.9 Å². The van der Waals surface area contributed by atoms with E-state index in [1.807, 2.05) is 0 Å². The summed E-state index contributed by atoms with van der Waals surface area (Å²) < 4.78 is 50.1. The Hall–Kier alpha value is -3.39. The van der Waals surface area contributed by atoms with Gasteiger partial charge in [-0.2, -0.15) is 8.42 Å². The van der Waals surface area contributed by atoms with E-state index in [0.717, 1.165) is 11.0 Å². The number of thioether (sulfide) groups is 1. The maximum absolute atomic E-state index is 13.4. The number of anilines is 1. The minimum Gasteiger partial charge on any atom is -0.493 e. The summed E-state index contributed by atoms with van der Waals surface area (Å²) in [7, 11) is -2.98. The molecule has 1 N–H and O–H groups in total. The van der Waals surface area contributed by atoms with Crippen LogP contribution in [0.4, 0.5) is 14.9 Å². The van der Waals surface area contributed by atoms with Crippen LogP contribution in [-0.4, -0.2) is 37.5 Å². The molecule has 0 saturated carbocycles. The predicted molar refractivity (Wildman–Crippen MR) is 152 cm³/mol. The van der Waals surface area contributed by atoms with E-state index < -0.39 is 27.1 Å². The third-order valence-corrected chi connectivity index (χ3v) is 8.51. The van der Waals surface area contributed by atoms with E-state index in [0.29, 0.717) is 28.6 Å². The molecule has 4 rings (SSSR count). The zero-order valence-electron chi connectivity index (χ0n) is 20.7. The summed E-state index contributed by atoms with van der Waals surface area (Å²) in [5, 5.41) is 2.10. The SMILES string of the molecule is COc1cc(/C=C2\SC(=O)N(Cc3ccc(F)cc3Cl)C2=O)cc(Br)c1OS(=O)(=O)c1ccc(NC(C)=O)cc1. The van der Waals surface area contributed by atoms with Crippen molar-refractivity contribution in [3.63, 3.8) is 0 Å². The molecular formula is C26H19BrClFN2O7S2. The maximum Gasteiger partial charge on any atom is 0.339 e. The van der Waals surface area contributed by atoms with Crippen LogP contribution < -0.4 is 14.2 Å². The van der Waals surface area contributed by atoms with Gasteiger partial charge in [-0.25, -0.2) is 4.39 Å². The molecule has 0 unspecified atom stereocenters. The second-order valence-corrected chi connectivity index (χ2v) is 12.1. The number of methoxy groups -OCH3 is 1. The fraction of sp³-hybridized carbons (Fsp3) is 0.115. The molecule has 1 saturated heterocycles. The van der Waals surface area contributed by atoms with Gasteiger partial charge in [0.2, 0.25) is 5.91 Å². The maximum atomic E-state index is 13.4. The Balaban J connectivity index is 1.57. The molecule has 0 aromatic heterocycles. The highest BCUT2D eigenvalue weighted by atomic mass is 79.9. The van der Waals surface area contributed by atoms with Gasteiger partial charge in [0, 0.05) is 17.6 Å². The number of hydrogen-bond donors (Lipinski definition) is 1. The number of ether oxygens (including phenoxy) is 1. The van der Waals surface area contributed by atoms with E-state index in [2.05, 4.69) is 21.2 Å². The molecule has 1 aliphatic rings. The Morgan fingerprint density at radius 1 is 1.15 bits per heavy atom. The number of carbonyl (C=O) groups is 3. The van der Waals surface area contributed by atoms with Crippen molar-refractivity contribution in [3.8, 4) is 11.5 Å². The zero-order chi connectivity index (χ0) is 29.2. The summed E-state index contributed by atoms with van der Waals surface area (Å²) in [5.41, 5.74) is 1.24. The van der Waals surface area contributed by atoms with Crippen molar-refractivity contribution >= 4 is 78.2 Å². The molecule has 208 valence electrons. The number of hydrogen-bond acceptors (Lipinski definition) is 8. The van der Waals surface area contributed by atoms with Crippen LogP contribution in [-0.2, 0) is 26.3 Å². The highest BCUT2D eigenvalue weighted by Crippen LogP contribution is 2.41. The molecular weight excluding hydrogens is 651 g/mol. The monoisotopic (exact) mass is 668 g/mol. The lowest BCUT2D eigenvalue weighted by Gasteiger charge is -2.14. The molecule has 0 bridgehead atoms. The van der Waals surface area contributed by atoms with E-state index in [1.165, 1.54) is 68.6 Å². The van der Waals surface area contributed by atoms with E-state index in [1.54, 1.807) is 0 Å². The summed E-state index contributed by atoms with van der Waals surface area (Å²) in [6.07, 6.45) is 1.45. The smallest absolute Gasteiger partial charge is 0.339 e. The molecule has 40 heavy (non-hydrogen) atoms. The van der Waals surface area contributed by atoms with E-state index >= 15 is 0 Å². The molecule has 0 atom stereocenters. The molecule has 0 aliphatic carbocycles. The molecule has 3 amide bonds. The third kappa shape index (κ3) is 6.66. The first-order valence-electron chi connectivity index (χ1n) is 11.3. The van der Waals surface area contributed by atoms with Gasteiger partial charge in [-0.05, 0) is 93.4 Å². The predicted octanol–water partition coefficient (Wildman–Crippen LogP) is 6.21. The number of nitrogens with one attached hydrogen (secondary N) is 1. The van der Waals surface area contributed by atoms with Crippen molar-refractivity contribution in [2.45, 2.75) is 18.4 Å². The van der Waals surface area contributed by atoms with Gasteiger partial charge in [-0.1, -0.05) is 17.7 Å². The summed E-state index contributed by atoms with van der Waals surface area (Å²) >= 11 is 10.0. The first-order valence-corrected chi connectivity index (χ1v) is 14.7. The van der Waals surface area contributed by atoms with Crippen LogP contribution in [0.25, 0.3) is 6.08 Å². The van der Waals surface area contributed by atoms with E-state index in [-0.39, 0.29) is 43.2 Å². The second kappa shape index (κ2) is 12.0. The molecule has 1 heterocycles. The van der Waals surface area contributed by atoms with Crippen molar-refractivity contribution in [1.29, 1.82) is 0 Å². The average molecular weight is 670 g/mol. The number of nitrogens with zero attached hydrogens (tertiary/aromatic N) is 1. The van der Waals surface area contributed by atoms with E-state index in [4.69, 9.17) is 20.5 Å². The van der Waals surface area contributed by atoms with Gasteiger partial charge in [0.15, 0.2) is 11.5 Å². The molecule has 0 radical (unpaired) electrons. The molecule has 1 aliphatic heterocycles. The van der Waals surface area contributed by atoms with Crippen LogP contribution in [0.3, 0.4) is 0 Å². The third-order valence-electron chi connectivity index (χ3n) is 5.42. The molecule has 3 aromatic rings. The van der Waals surface area contributed by atoms with Gasteiger partial charge in [0.25, 0.3) is 11.1 Å². The van der Waals surface area contributed by atoms with Crippen molar-refractivity contribution in [1.82, 2.24) is 4.90 Å². The van der Waals surface area contributed by atoms with Gasteiger partial charge in [0.1, 0.15) is 10.7 Å². The summed E-state index contributed by atoms with van der Waals surface area (Å²) in [5.74, 6) is -1.51. The van der Waals surface area contributed by atoms with Gasteiger partial charge in [0.05, 0.1) is 23.0 Å². The summed E-state index contributed by atoms with van der Waals surface area (Å²) in [6, 6.07) is 12.0. The van der Waals surface area contributed by atoms with Crippen LogP contribution in [0.15, 0.2) is 68.9 Å².